The van der Waals surface area contributed by atoms with Gasteiger partial charge in [-0.15, -0.1) is 0 Å². The minimum atomic E-state index is -0.521. The van der Waals surface area contributed by atoms with Gasteiger partial charge in [-0.2, -0.15) is 0 Å². The van der Waals surface area contributed by atoms with Crippen LogP contribution in [-0.4, -0.2) is 30.5 Å². The van der Waals surface area contributed by atoms with E-state index in [4.69, 9.17) is 4.74 Å². The van der Waals surface area contributed by atoms with Crippen LogP contribution >= 0.6 is 0 Å². The highest BCUT2D eigenvalue weighted by atomic mass is 16.5. The molecule has 1 aliphatic carbocycles. The second-order valence-electron chi connectivity index (χ2n) is 5.48. The molecule has 3 rings (SSSR count). The summed E-state index contributed by atoms with van der Waals surface area (Å²) >= 11 is 0. The molecule has 0 bridgehead atoms. The predicted molar refractivity (Wildman–Crippen MR) is 74.8 cm³/mol. The van der Waals surface area contributed by atoms with Crippen molar-refractivity contribution < 1.29 is 14.3 Å². The summed E-state index contributed by atoms with van der Waals surface area (Å²) in [6, 6.07) is 5.43. The zero-order valence-electron chi connectivity index (χ0n) is 11.7. The van der Waals surface area contributed by atoms with Crippen molar-refractivity contribution in [2.45, 2.75) is 38.8 Å². The summed E-state index contributed by atoms with van der Waals surface area (Å²) in [7, 11) is 0. The predicted octanol–water partition coefficient (Wildman–Crippen LogP) is 1.39. The summed E-state index contributed by atoms with van der Waals surface area (Å²) in [4.78, 5) is 25.9. The van der Waals surface area contributed by atoms with Crippen LogP contribution in [0, 0.1) is 6.92 Å². The molecule has 20 heavy (non-hydrogen) atoms. The molecule has 5 heteroatoms. The van der Waals surface area contributed by atoms with Crippen molar-refractivity contribution >= 4 is 17.5 Å². The molecule has 1 aliphatic heterocycles. The van der Waals surface area contributed by atoms with Gasteiger partial charge in [-0.1, -0.05) is 6.07 Å². The zero-order valence-corrected chi connectivity index (χ0v) is 11.7. The van der Waals surface area contributed by atoms with E-state index in [9.17, 15) is 9.59 Å². The topological polar surface area (TPSA) is 58.6 Å². The normalized spacial score (nSPS) is 19.1. The maximum absolute atomic E-state index is 12.2. The quantitative estimate of drug-likeness (QED) is 0.906. The van der Waals surface area contributed by atoms with Gasteiger partial charge in [0.25, 0.3) is 5.91 Å². The summed E-state index contributed by atoms with van der Waals surface area (Å²) in [5.74, 6) is 0.373. The molecular weight excluding hydrogens is 256 g/mol. The van der Waals surface area contributed by atoms with Crippen molar-refractivity contribution in [3.63, 3.8) is 0 Å². The maximum atomic E-state index is 12.2. The van der Waals surface area contributed by atoms with Crippen molar-refractivity contribution in [1.82, 2.24) is 5.32 Å². The van der Waals surface area contributed by atoms with Crippen LogP contribution < -0.4 is 15.0 Å². The number of hydrogen-bond acceptors (Lipinski definition) is 3. The Hall–Kier alpha value is -2.04. The number of hydrogen-bond donors (Lipinski definition) is 1. The number of anilines is 1. The molecule has 1 aromatic rings. The van der Waals surface area contributed by atoms with Crippen LogP contribution in [0.5, 0.6) is 5.75 Å². The Morgan fingerprint density at radius 3 is 2.90 bits per heavy atom. The molecule has 1 unspecified atom stereocenters. The summed E-state index contributed by atoms with van der Waals surface area (Å²) in [5, 5.41) is 2.94. The van der Waals surface area contributed by atoms with E-state index in [2.05, 4.69) is 5.32 Å². The summed E-state index contributed by atoms with van der Waals surface area (Å²) in [6.07, 6.45) is 2.07. The molecule has 106 valence electrons. The zero-order chi connectivity index (χ0) is 14.3. The van der Waals surface area contributed by atoms with Crippen molar-refractivity contribution in [3.05, 3.63) is 23.8 Å². The van der Waals surface area contributed by atoms with E-state index < -0.39 is 6.04 Å². The van der Waals surface area contributed by atoms with Crippen LogP contribution in [0.2, 0.25) is 0 Å². The second-order valence-corrected chi connectivity index (χ2v) is 5.48. The Balaban J connectivity index is 1.89. The lowest BCUT2D eigenvalue weighted by molar-refractivity contribution is -0.127. The summed E-state index contributed by atoms with van der Waals surface area (Å²) in [5.41, 5.74) is 1.71. The molecule has 0 saturated heterocycles. The van der Waals surface area contributed by atoms with Gasteiger partial charge in [-0.05, 0) is 44.4 Å². The summed E-state index contributed by atoms with van der Waals surface area (Å²) < 4.78 is 5.42. The number of rotatable bonds is 3. The van der Waals surface area contributed by atoms with Crippen LogP contribution in [0.15, 0.2) is 18.2 Å². The van der Waals surface area contributed by atoms with Crippen molar-refractivity contribution in [2.24, 2.45) is 0 Å². The smallest absolute Gasteiger partial charge is 0.265 e. The molecule has 2 aliphatic rings. The lowest BCUT2D eigenvalue weighted by atomic mass is 10.1. The van der Waals surface area contributed by atoms with Gasteiger partial charge in [0.15, 0.2) is 6.61 Å². The van der Waals surface area contributed by atoms with Crippen molar-refractivity contribution in [1.29, 1.82) is 0 Å². The number of ether oxygens (including phenoxy) is 1. The Bertz CT molecular complexity index is 566. The minimum Gasteiger partial charge on any atom is -0.482 e. The van der Waals surface area contributed by atoms with E-state index in [-0.39, 0.29) is 24.5 Å². The van der Waals surface area contributed by atoms with E-state index >= 15 is 0 Å². The fourth-order valence-electron chi connectivity index (χ4n) is 2.37. The maximum Gasteiger partial charge on any atom is 0.265 e. The van der Waals surface area contributed by atoms with Gasteiger partial charge in [0.1, 0.15) is 11.8 Å². The molecule has 5 nitrogen and oxygen atoms in total. The Morgan fingerprint density at radius 2 is 2.20 bits per heavy atom. The van der Waals surface area contributed by atoms with Crippen LogP contribution in [0.1, 0.15) is 25.3 Å². The van der Waals surface area contributed by atoms with Crippen LogP contribution in [-0.2, 0) is 9.59 Å². The lowest BCUT2D eigenvalue weighted by Gasteiger charge is -2.33. The first-order valence-electron chi connectivity index (χ1n) is 6.92. The average Bonchev–Trinajstić information content (AvgIpc) is 3.21. The van der Waals surface area contributed by atoms with E-state index in [1.54, 1.807) is 11.8 Å². The number of amides is 2. The van der Waals surface area contributed by atoms with Gasteiger partial charge in [-0.3, -0.25) is 14.5 Å². The van der Waals surface area contributed by atoms with Gasteiger partial charge in [0.2, 0.25) is 5.91 Å². The Morgan fingerprint density at radius 1 is 1.45 bits per heavy atom. The minimum absolute atomic E-state index is 0.0168. The average molecular weight is 274 g/mol. The molecule has 0 radical (unpaired) electrons. The molecule has 1 heterocycles. The van der Waals surface area contributed by atoms with E-state index in [1.807, 2.05) is 25.1 Å². The second kappa shape index (κ2) is 4.81. The van der Waals surface area contributed by atoms with Gasteiger partial charge in [0.05, 0.1) is 5.69 Å². The van der Waals surface area contributed by atoms with Crippen molar-refractivity contribution in [3.8, 4) is 5.75 Å². The van der Waals surface area contributed by atoms with E-state index in [0.29, 0.717) is 11.4 Å². The fourth-order valence-corrected chi connectivity index (χ4v) is 2.37. The third-order valence-corrected chi connectivity index (χ3v) is 3.68. The molecule has 1 aromatic carbocycles. The highest BCUT2D eigenvalue weighted by Crippen LogP contribution is 2.34. The number of nitrogens with zero attached hydrogens (tertiary/aromatic N) is 1. The first kappa shape index (κ1) is 13.0. The van der Waals surface area contributed by atoms with Crippen LogP contribution in [0.3, 0.4) is 0 Å². The number of nitrogens with one attached hydrogen (secondary N) is 1. The van der Waals surface area contributed by atoms with Crippen molar-refractivity contribution in [2.75, 3.05) is 11.5 Å². The molecule has 1 N–H and O–H groups in total. The van der Waals surface area contributed by atoms with E-state index in [1.165, 1.54) is 0 Å². The number of carbonyl (C=O) groups excluding carboxylic acids is 2. The summed E-state index contributed by atoms with van der Waals surface area (Å²) in [6.45, 7) is 3.69. The van der Waals surface area contributed by atoms with E-state index in [0.717, 1.165) is 18.4 Å². The molecular formula is C15H18N2O3. The molecule has 1 fully saturated rings. The molecule has 2 amide bonds. The van der Waals surface area contributed by atoms with Crippen LogP contribution in [0.4, 0.5) is 5.69 Å². The van der Waals surface area contributed by atoms with Gasteiger partial charge in [-0.25, -0.2) is 0 Å². The first-order valence-corrected chi connectivity index (χ1v) is 6.92. The number of fused-ring (bicyclic) bond motifs is 1. The third kappa shape index (κ3) is 2.35. The SMILES string of the molecule is Cc1ccc2c(c1)N(C(C)C(=O)NC1CC1)C(=O)CO2. The third-order valence-electron chi connectivity index (χ3n) is 3.68. The molecule has 0 aromatic heterocycles. The van der Waals surface area contributed by atoms with Gasteiger partial charge < -0.3 is 10.1 Å². The highest BCUT2D eigenvalue weighted by molar-refractivity contribution is 6.03. The number of carbonyl (C=O) groups is 2. The standard InChI is InChI=1S/C15H18N2O3/c1-9-3-6-13-12(7-9)17(14(18)8-20-13)10(2)15(19)16-11-4-5-11/h3,6-7,10-11H,4-5,8H2,1-2H3,(H,16,19). The Labute approximate surface area is 117 Å². The van der Waals surface area contributed by atoms with Gasteiger partial charge >= 0.3 is 0 Å². The van der Waals surface area contributed by atoms with Gasteiger partial charge in [0, 0.05) is 6.04 Å². The molecule has 1 saturated carbocycles. The molecule has 1 atom stereocenters. The van der Waals surface area contributed by atoms with Crippen LogP contribution in [0.25, 0.3) is 0 Å². The number of benzene rings is 1. The highest BCUT2D eigenvalue weighted by Gasteiger charge is 2.35. The number of aryl methyl sites for hydroxylation is 1. The lowest BCUT2D eigenvalue weighted by Crippen LogP contribution is -2.51. The monoisotopic (exact) mass is 274 g/mol. The largest absolute Gasteiger partial charge is 0.482 e. The molecule has 0 spiro atoms. The fraction of sp³-hybridized carbons (Fsp3) is 0.467. The first-order chi connectivity index (χ1) is 9.56. The Kier molecular flexibility index (Phi) is 3.12.